The molecule has 3 rings (SSSR count). The van der Waals surface area contributed by atoms with E-state index in [1.165, 1.54) is 53.5 Å². The van der Waals surface area contributed by atoms with E-state index in [9.17, 15) is 26.0 Å². The molecular formula is C19H21F4N3O2S. The van der Waals surface area contributed by atoms with Crippen LogP contribution in [0.15, 0.2) is 42.6 Å². The average Bonchev–Trinajstić information content (AvgIpc) is 2.67. The van der Waals surface area contributed by atoms with Crippen LogP contribution < -0.4 is 4.90 Å². The number of alkyl halides is 3. The maximum absolute atomic E-state index is 14.2. The summed E-state index contributed by atoms with van der Waals surface area (Å²) in [6, 6.07) is 7.83. The fourth-order valence-electron chi connectivity index (χ4n) is 3.42. The maximum Gasteiger partial charge on any atom is 0.419 e. The first-order chi connectivity index (χ1) is 13.5. The summed E-state index contributed by atoms with van der Waals surface area (Å²) in [5, 5.41) is 0. The molecule has 1 aliphatic rings. The molecule has 1 aromatic carbocycles. The predicted octanol–water partition coefficient (Wildman–Crippen LogP) is 3.63. The van der Waals surface area contributed by atoms with Crippen LogP contribution in [0.2, 0.25) is 0 Å². The summed E-state index contributed by atoms with van der Waals surface area (Å²) in [6.45, 7) is 2.91. The molecule has 5 nitrogen and oxygen atoms in total. The lowest BCUT2D eigenvalue weighted by molar-refractivity contribution is -0.137. The number of hydrogen-bond donors (Lipinski definition) is 0. The van der Waals surface area contributed by atoms with E-state index in [1.54, 1.807) is 6.07 Å². The van der Waals surface area contributed by atoms with Crippen molar-refractivity contribution < 1.29 is 26.0 Å². The fraction of sp³-hybridized carbons (Fsp3) is 0.421. The molecule has 2 heterocycles. The normalized spacial score (nSPS) is 16.8. The number of piperazine rings is 1. The number of pyridine rings is 1. The Balaban J connectivity index is 1.82. The van der Waals surface area contributed by atoms with E-state index >= 15 is 0 Å². The van der Waals surface area contributed by atoms with Gasteiger partial charge in [0.25, 0.3) is 0 Å². The summed E-state index contributed by atoms with van der Waals surface area (Å²) >= 11 is 0. The number of nitrogens with zero attached hydrogens (tertiary/aromatic N) is 3. The molecule has 0 amide bonds. The molecule has 0 unspecified atom stereocenters. The first kappa shape index (κ1) is 21.5. The molecule has 0 atom stereocenters. The Morgan fingerprint density at radius 1 is 0.931 bits per heavy atom. The molecule has 0 radical (unpaired) electrons. The van der Waals surface area contributed by atoms with Crippen molar-refractivity contribution in [1.82, 2.24) is 9.29 Å². The van der Waals surface area contributed by atoms with Crippen molar-refractivity contribution >= 4 is 15.8 Å². The van der Waals surface area contributed by atoms with Gasteiger partial charge in [-0.15, -0.1) is 0 Å². The molecule has 0 saturated carbocycles. The Hall–Kier alpha value is -2.20. The molecule has 0 spiro atoms. The van der Waals surface area contributed by atoms with E-state index in [0.29, 0.717) is 0 Å². The summed E-state index contributed by atoms with van der Waals surface area (Å²) in [5.41, 5.74) is -0.811. The number of halogens is 4. The first-order valence-corrected chi connectivity index (χ1v) is 10.4. The van der Waals surface area contributed by atoms with Crippen molar-refractivity contribution in [3.8, 4) is 0 Å². The largest absolute Gasteiger partial charge is 0.419 e. The zero-order valence-corrected chi connectivity index (χ0v) is 16.8. The van der Waals surface area contributed by atoms with Gasteiger partial charge in [0.2, 0.25) is 10.0 Å². The SMILES string of the molecule is CC(C)(c1ccccc1F)S(=O)(=O)N1CCN(c2ncccc2C(F)(F)F)CC1. The molecule has 0 N–H and O–H groups in total. The number of rotatable bonds is 4. The smallest absolute Gasteiger partial charge is 0.353 e. The lowest BCUT2D eigenvalue weighted by atomic mass is 10.0. The quantitative estimate of drug-likeness (QED) is 0.694. The van der Waals surface area contributed by atoms with Crippen molar-refractivity contribution in [2.75, 3.05) is 31.1 Å². The van der Waals surface area contributed by atoms with Gasteiger partial charge in [-0.2, -0.15) is 17.5 Å². The number of benzene rings is 1. The predicted molar refractivity (Wildman–Crippen MR) is 101 cm³/mol. The monoisotopic (exact) mass is 431 g/mol. The summed E-state index contributed by atoms with van der Waals surface area (Å²) in [7, 11) is -3.96. The minimum absolute atomic E-state index is 0.0198. The molecule has 2 aromatic rings. The van der Waals surface area contributed by atoms with E-state index in [-0.39, 0.29) is 37.6 Å². The minimum Gasteiger partial charge on any atom is -0.353 e. The summed E-state index contributed by atoms with van der Waals surface area (Å²) in [4.78, 5) is 5.27. The van der Waals surface area contributed by atoms with Crippen LogP contribution >= 0.6 is 0 Å². The molecule has 1 aliphatic heterocycles. The maximum atomic E-state index is 14.2. The Kier molecular flexibility index (Phi) is 5.61. The van der Waals surface area contributed by atoms with Gasteiger partial charge in [0.1, 0.15) is 16.4 Å². The third-order valence-electron chi connectivity index (χ3n) is 5.14. The van der Waals surface area contributed by atoms with Crippen LogP contribution in [0.25, 0.3) is 0 Å². The van der Waals surface area contributed by atoms with Gasteiger partial charge in [0, 0.05) is 37.9 Å². The molecule has 0 aliphatic carbocycles. The molecule has 1 aromatic heterocycles. The molecule has 158 valence electrons. The van der Waals surface area contributed by atoms with Crippen molar-refractivity contribution in [3.63, 3.8) is 0 Å². The summed E-state index contributed by atoms with van der Waals surface area (Å²) in [5.74, 6) is -0.839. The number of sulfonamides is 1. The highest BCUT2D eigenvalue weighted by molar-refractivity contribution is 7.90. The highest BCUT2D eigenvalue weighted by atomic mass is 32.2. The number of aromatic nitrogens is 1. The van der Waals surface area contributed by atoms with E-state index in [0.717, 1.165) is 6.07 Å². The summed E-state index contributed by atoms with van der Waals surface area (Å²) < 4.78 is 80.0. The van der Waals surface area contributed by atoms with Crippen molar-refractivity contribution in [3.05, 3.63) is 59.5 Å². The van der Waals surface area contributed by atoms with Crippen LogP contribution in [0, 0.1) is 5.82 Å². The van der Waals surface area contributed by atoms with E-state index < -0.39 is 32.3 Å². The second-order valence-electron chi connectivity index (χ2n) is 7.25. The Morgan fingerprint density at radius 2 is 1.52 bits per heavy atom. The molecule has 10 heteroatoms. The van der Waals surface area contributed by atoms with Crippen molar-refractivity contribution in [2.24, 2.45) is 0 Å². The van der Waals surface area contributed by atoms with Crippen molar-refractivity contribution in [1.29, 1.82) is 0 Å². The van der Waals surface area contributed by atoms with Crippen LogP contribution in [0.1, 0.15) is 25.0 Å². The van der Waals surface area contributed by atoms with Gasteiger partial charge in [-0.05, 0) is 32.0 Å². The van der Waals surface area contributed by atoms with Gasteiger partial charge >= 0.3 is 6.18 Å². The fourth-order valence-corrected chi connectivity index (χ4v) is 5.15. The zero-order valence-electron chi connectivity index (χ0n) is 15.9. The standard InChI is InChI=1S/C19H21F4N3O2S/c1-18(2,14-6-3-4-8-16(14)20)29(27,28)26-12-10-25(11-13-26)17-15(19(21,22)23)7-5-9-24-17/h3-9H,10-13H2,1-2H3. The average molecular weight is 431 g/mol. The van der Waals surface area contributed by atoms with Gasteiger partial charge in [-0.3, -0.25) is 0 Å². The zero-order chi connectivity index (χ0) is 21.4. The van der Waals surface area contributed by atoms with Gasteiger partial charge in [-0.1, -0.05) is 18.2 Å². The van der Waals surface area contributed by atoms with Crippen LogP contribution in [0.5, 0.6) is 0 Å². The summed E-state index contributed by atoms with van der Waals surface area (Å²) in [6.07, 6.45) is -3.28. The van der Waals surface area contributed by atoms with E-state index in [1.807, 2.05) is 0 Å². The lowest BCUT2D eigenvalue weighted by Crippen LogP contribution is -2.53. The third-order valence-corrected chi connectivity index (χ3v) is 7.69. The number of anilines is 1. The molecule has 1 saturated heterocycles. The second-order valence-corrected chi connectivity index (χ2v) is 9.74. The second kappa shape index (κ2) is 7.56. The Labute approximate surface area is 167 Å². The van der Waals surface area contributed by atoms with E-state index in [2.05, 4.69) is 4.98 Å². The van der Waals surface area contributed by atoms with Crippen LogP contribution in [0.4, 0.5) is 23.4 Å². The Bertz CT molecular complexity index is 985. The number of hydrogen-bond acceptors (Lipinski definition) is 4. The lowest BCUT2D eigenvalue weighted by Gasteiger charge is -2.39. The molecule has 0 bridgehead atoms. The molecule has 1 fully saturated rings. The first-order valence-electron chi connectivity index (χ1n) is 8.98. The molecular weight excluding hydrogens is 410 g/mol. The van der Waals surface area contributed by atoms with Crippen LogP contribution in [-0.4, -0.2) is 43.9 Å². The van der Waals surface area contributed by atoms with Crippen LogP contribution in [0.3, 0.4) is 0 Å². The van der Waals surface area contributed by atoms with Gasteiger partial charge in [0.05, 0.1) is 5.56 Å². The highest BCUT2D eigenvalue weighted by Gasteiger charge is 2.44. The Morgan fingerprint density at radius 3 is 2.10 bits per heavy atom. The van der Waals surface area contributed by atoms with Crippen molar-refractivity contribution in [2.45, 2.75) is 24.8 Å². The van der Waals surface area contributed by atoms with Gasteiger partial charge in [-0.25, -0.2) is 17.8 Å². The van der Waals surface area contributed by atoms with E-state index in [4.69, 9.17) is 0 Å². The topological polar surface area (TPSA) is 53.5 Å². The minimum atomic E-state index is -4.56. The molecule has 29 heavy (non-hydrogen) atoms. The third kappa shape index (κ3) is 3.95. The van der Waals surface area contributed by atoms with Gasteiger partial charge < -0.3 is 4.90 Å². The van der Waals surface area contributed by atoms with Gasteiger partial charge in [0.15, 0.2) is 0 Å². The highest BCUT2D eigenvalue weighted by Crippen LogP contribution is 2.37. The van der Waals surface area contributed by atoms with Crippen LogP contribution in [-0.2, 0) is 20.9 Å².